The van der Waals surface area contributed by atoms with Crippen molar-refractivity contribution >= 4 is 5.91 Å². The van der Waals surface area contributed by atoms with E-state index in [4.69, 9.17) is 0 Å². The van der Waals surface area contributed by atoms with Gasteiger partial charge in [-0.15, -0.1) is 0 Å². The van der Waals surface area contributed by atoms with Gasteiger partial charge in [0.25, 0.3) is 5.91 Å². The highest BCUT2D eigenvalue weighted by atomic mass is 19.1. The number of benzene rings is 1. The van der Waals surface area contributed by atoms with Crippen molar-refractivity contribution in [2.24, 2.45) is 5.92 Å². The lowest BCUT2D eigenvalue weighted by atomic mass is 10.0. The fourth-order valence-electron chi connectivity index (χ4n) is 1.59. The molecule has 0 saturated heterocycles. The Bertz CT molecular complexity index is 345. The Morgan fingerprint density at radius 1 is 1.31 bits per heavy atom. The average molecular weight is 223 g/mol. The molecule has 1 atom stereocenters. The lowest BCUT2D eigenvalue weighted by Gasteiger charge is -2.20. The van der Waals surface area contributed by atoms with Crippen LogP contribution in [0.4, 0.5) is 4.39 Å². The normalized spacial score (nSPS) is 12.6. The first-order valence-corrected chi connectivity index (χ1v) is 5.61. The van der Waals surface area contributed by atoms with E-state index in [-0.39, 0.29) is 17.8 Å². The van der Waals surface area contributed by atoms with Crippen molar-refractivity contribution in [3.8, 4) is 0 Å². The Labute approximate surface area is 95.9 Å². The van der Waals surface area contributed by atoms with Gasteiger partial charge in [0.1, 0.15) is 5.82 Å². The molecule has 0 aliphatic rings. The Morgan fingerprint density at radius 2 is 1.88 bits per heavy atom. The minimum absolute atomic E-state index is 0.138. The summed E-state index contributed by atoms with van der Waals surface area (Å²) in [6.45, 7) is 6.17. The molecule has 0 spiro atoms. The quantitative estimate of drug-likeness (QED) is 0.835. The van der Waals surface area contributed by atoms with E-state index in [9.17, 15) is 9.18 Å². The van der Waals surface area contributed by atoms with Crippen LogP contribution in [0.5, 0.6) is 0 Å². The number of carbonyl (C=O) groups is 1. The summed E-state index contributed by atoms with van der Waals surface area (Å²) in [7, 11) is 0. The van der Waals surface area contributed by atoms with E-state index in [1.54, 1.807) is 0 Å². The fraction of sp³-hybridized carbons (Fsp3) is 0.462. The van der Waals surface area contributed by atoms with Crippen molar-refractivity contribution in [3.63, 3.8) is 0 Å². The molecule has 1 amide bonds. The molecule has 0 aliphatic heterocycles. The number of hydrogen-bond acceptors (Lipinski definition) is 1. The van der Waals surface area contributed by atoms with Crippen molar-refractivity contribution in [2.75, 3.05) is 0 Å². The lowest BCUT2D eigenvalue weighted by molar-refractivity contribution is 0.0924. The smallest absolute Gasteiger partial charge is 0.251 e. The van der Waals surface area contributed by atoms with Crippen LogP contribution >= 0.6 is 0 Å². The second-order valence-electron chi connectivity index (χ2n) is 4.24. The van der Waals surface area contributed by atoms with Crippen LogP contribution in [0.3, 0.4) is 0 Å². The minimum atomic E-state index is -0.326. The second kappa shape index (κ2) is 5.64. The number of amides is 1. The topological polar surface area (TPSA) is 29.1 Å². The number of rotatable bonds is 4. The number of hydrogen-bond donors (Lipinski definition) is 1. The Morgan fingerprint density at radius 3 is 2.31 bits per heavy atom. The summed E-state index contributed by atoms with van der Waals surface area (Å²) in [6.07, 6.45) is 0.893. The molecule has 16 heavy (non-hydrogen) atoms. The van der Waals surface area contributed by atoms with Crippen LogP contribution in [0.15, 0.2) is 24.3 Å². The Balaban J connectivity index is 2.68. The van der Waals surface area contributed by atoms with Gasteiger partial charge in [-0.2, -0.15) is 0 Å². The van der Waals surface area contributed by atoms with Crippen molar-refractivity contribution in [1.82, 2.24) is 5.32 Å². The molecule has 0 heterocycles. The van der Waals surface area contributed by atoms with Gasteiger partial charge in [-0.25, -0.2) is 4.39 Å². The zero-order valence-corrected chi connectivity index (χ0v) is 9.96. The van der Waals surface area contributed by atoms with Crippen molar-refractivity contribution in [3.05, 3.63) is 35.6 Å². The molecule has 3 heteroatoms. The summed E-state index contributed by atoms with van der Waals surface area (Å²) < 4.78 is 12.7. The van der Waals surface area contributed by atoms with E-state index in [1.807, 2.05) is 6.92 Å². The van der Waals surface area contributed by atoms with Crippen LogP contribution in [0, 0.1) is 11.7 Å². The average Bonchev–Trinajstić information content (AvgIpc) is 2.26. The SMILES string of the molecule is CCC(NC(=O)c1ccc(F)cc1)C(C)C. The molecular weight excluding hydrogens is 205 g/mol. The van der Waals surface area contributed by atoms with Gasteiger partial charge in [0, 0.05) is 11.6 Å². The number of nitrogens with one attached hydrogen (secondary N) is 1. The Hall–Kier alpha value is -1.38. The van der Waals surface area contributed by atoms with E-state index in [0.717, 1.165) is 6.42 Å². The third kappa shape index (κ3) is 3.33. The van der Waals surface area contributed by atoms with Gasteiger partial charge in [0.2, 0.25) is 0 Å². The first-order valence-electron chi connectivity index (χ1n) is 5.61. The summed E-state index contributed by atoms with van der Waals surface area (Å²) in [5.74, 6) is -0.0672. The molecule has 1 aromatic rings. The molecule has 0 bridgehead atoms. The molecule has 1 N–H and O–H groups in total. The third-order valence-corrected chi connectivity index (χ3v) is 2.67. The van der Waals surface area contributed by atoms with Crippen LogP contribution in [-0.2, 0) is 0 Å². The fourth-order valence-corrected chi connectivity index (χ4v) is 1.59. The van der Waals surface area contributed by atoms with E-state index >= 15 is 0 Å². The second-order valence-corrected chi connectivity index (χ2v) is 4.24. The predicted octanol–water partition coefficient (Wildman–Crippen LogP) is 2.99. The highest BCUT2D eigenvalue weighted by Crippen LogP contribution is 2.08. The van der Waals surface area contributed by atoms with Crippen molar-refractivity contribution in [1.29, 1.82) is 0 Å². The maximum absolute atomic E-state index is 12.7. The van der Waals surface area contributed by atoms with E-state index < -0.39 is 0 Å². The predicted molar refractivity (Wildman–Crippen MR) is 62.8 cm³/mol. The first-order chi connectivity index (χ1) is 7.54. The summed E-state index contributed by atoms with van der Waals surface area (Å²) in [5.41, 5.74) is 0.500. The summed E-state index contributed by atoms with van der Waals surface area (Å²) >= 11 is 0. The zero-order valence-electron chi connectivity index (χ0n) is 9.96. The number of halogens is 1. The largest absolute Gasteiger partial charge is 0.349 e. The molecule has 0 radical (unpaired) electrons. The molecule has 88 valence electrons. The summed E-state index contributed by atoms with van der Waals surface area (Å²) in [5, 5.41) is 2.94. The van der Waals surface area contributed by atoms with Gasteiger partial charge in [-0.05, 0) is 36.6 Å². The monoisotopic (exact) mass is 223 g/mol. The maximum atomic E-state index is 12.7. The molecular formula is C13H18FNO. The molecule has 2 nitrogen and oxygen atoms in total. The van der Waals surface area contributed by atoms with Crippen molar-refractivity contribution < 1.29 is 9.18 Å². The summed E-state index contributed by atoms with van der Waals surface area (Å²) in [4.78, 5) is 11.8. The van der Waals surface area contributed by atoms with Crippen LogP contribution in [0.25, 0.3) is 0 Å². The van der Waals surface area contributed by atoms with Crippen LogP contribution in [0.2, 0.25) is 0 Å². The highest BCUT2D eigenvalue weighted by molar-refractivity contribution is 5.94. The zero-order chi connectivity index (χ0) is 12.1. The van der Waals surface area contributed by atoms with Gasteiger partial charge < -0.3 is 5.32 Å². The van der Waals surface area contributed by atoms with Gasteiger partial charge >= 0.3 is 0 Å². The van der Waals surface area contributed by atoms with E-state index in [2.05, 4.69) is 19.2 Å². The summed E-state index contributed by atoms with van der Waals surface area (Å²) in [6, 6.07) is 5.75. The van der Waals surface area contributed by atoms with Gasteiger partial charge in [-0.1, -0.05) is 20.8 Å². The molecule has 0 fully saturated rings. The molecule has 1 rings (SSSR count). The van der Waals surface area contributed by atoms with E-state index in [0.29, 0.717) is 11.5 Å². The van der Waals surface area contributed by atoms with Gasteiger partial charge in [0.15, 0.2) is 0 Å². The van der Waals surface area contributed by atoms with Crippen LogP contribution in [0.1, 0.15) is 37.6 Å². The minimum Gasteiger partial charge on any atom is -0.349 e. The molecule has 0 aliphatic carbocycles. The standard InChI is InChI=1S/C13H18FNO/c1-4-12(9(2)3)15-13(16)10-5-7-11(14)8-6-10/h5-9,12H,4H2,1-3H3,(H,15,16). The van der Waals surface area contributed by atoms with Crippen molar-refractivity contribution in [2.45, 2.75) is 33.2 Å². The highest BCUT2D eigenvalue weighted by Gasteiger charge is 2.14. The van der Waals surface area contributed by atoms with Gasteiger partial charge in [0.05, 0.1) is 0 Å². The van der Waals surface area contributed by atoms with Gasteiger partial charge in [-0.3, -0.25) is 4.79 Å². The molecule has 1 aromatic carbocycles. The van der Waals surface area contributed by atoms with Crippen LogP contribution in [-0.4, -0.2) is 11.9 Å². The molecule has 1 unspecified atom stereocenters. The number of carbonyl (C=O) groups excluding carboxylic acids is 1. The Kier molecular flexibility index (Phi) is 4.47. The molecule has 0 aromatic heterocycles. The van der Waals surface area contributed by atoms with Crippen LogP contribution < -0.4 is 5.32 Å². The third-order valence-electron chi connectivity index (χ3n) is 2.67. The maximum Gasteiger partial charge on any atom is 0.251 e. The molecule has 0 saturated carbocycles. The van der Waals surface area contributed by atoms with E-state index in [1.165, 1.54) is 24.3 Å². The lowest BCUT2D eigenvalue weighted by Crippen LogP contribution is -2.37. The first kappa shape index (κ1) is 12.7.